The number of hydrogen-bond acceptors (Lipinski definition) is 2. The minimum absolute atomic E-state index is 0.138. The van der Waals surface area contributed by atoms with Gasteiger partial charge < -0.3 is 18.9 Å². The Balaban J connectivity index is 0.000000212. The Morgan fingerprint density at radius 3 is 1.11 bits per heavy atom. The van der Waals surface area contributed by atoms with Crippen LogP contribution in [-0.2, 0) is 0 Å². The largest absolute Gasteiger partial charge is 0.310 e. The van der Waals surface area contributed by atoms with Gasteiger partial charge >= 0.3 is 0 Å². The molecule has 18 rings (SSSR count). The van der Waals surface area contributed by atoms with Crippen LogP contribution in [0.3, 0.4) is 0 Å². The van der Waals surface area contributed by atoms with Gasteiger partial charge in [-0.1, -0.05) is 278 Å². The molecule has 4 nitrogen and oxygen atoms in total. The molecule has 0 atom stereocenters. The highest BCUT2D eigenvalue weighted by Crippen LogP contribution is 2.44. The molecule has 18 aromatic rings. The van der Waals surface area contributed by atoms with Gasteiger partial charge in [0.15, 0.2) is 0 Å². The van der Waals surface area contributed by atoms with Crippen molar-refractivity contribution in [3.63, 3.8) is 0 Å². The van der Waals surface area contributed by atoms with Crippen molar-refractivity contribution < 1.29 is 75.4 Å². The number of anilines is 6. The van der Waals surface area contributed by atoms with Gasteiger partial charge in [-0.05, 0) is 200 Å². The number of nitrogens with zero attached hydrogens (tertiary/aromatic N) is 4. The van der Waals surface area contributed by atoms with E-state index in [9.17, 15) is 31.5 Å². The molecule has 0 saturated heterocycles. The Kier molecular flexibility index (Phi) is 6.94. The summed E-state index contributed by atoms with van der Waals surface area (Å²) in [5, 5.41) is 0.122. The Bertz CT molecular complexity index is 9230. The zero-order valence-corrected chi connectivity index (χ0v) is 50.8. The number of fused-ring (bicyclic) bond motifs is 6. The van der Waals surface area contributed by atoms with E-state index in [0.29, 0.717) is 15.8 Å². The van der Waals surface area contributed by atoms with E-state index in [0.717, 1.165) is 27.2 Å². The summed E-state index contributed by atoms with van der Waals surface area (Å²) in [6.45, 7) is 0. The maximum Gasteiger partial charge on any atom is 0.0651 e. The van der Waals surface area contributed by atoms with Crippen LogP contribution in [-0.4, -0.2) is 9.13 Å². The third kappa shape index (κ3) is 12.0. The predicted octanol–water partition coefficient (Wildman–Crippen LogP) is 26.5. The van der Waals surface area contributed by atoms with Crippen molar-refractivity contribution in [1.29, 1.82) is 0 Å². The van der Waals surface area contributed by atoms with Crippen molar-refractivity contribution in [1.82, 2.24) is 9.13 Å². The average molecular weight is 1330 g/mol. The highest BCUT2D eigenvalue weighted by atomic mass is 15.1. The Labute approximate surface area is 661 Å². The van der Waals surface area contributed by atoms with Gasteiger partial charge in [0.05, 0.1) is 97.5 Å². The first-order chi connectivity index (χ1) is 72.5. The normalized spacial score (nSPS) is 18.9. The Morgan fingerprint density at radius 1 is 0.190 bits per heavy atom. The smallest absolute Gasteiger partial charge is 0.0651 e. The van der Waals surface area contributed by atoms with Crippen molar-refractivity contribution in [3.8, 4) is 78.1 Å². The van der Waals surface area contributed by atoms with Crippen LogP contribution in [0.2, 0.25) is 0 Å². The molecule has 0 radical (unpaired) electrons. The molecule has 0 fully saturated rings. The lowest BCUT2D eigenvalue weighted by Crippen LogP contribution is -2.10. The zero-order valence-electron chi connectivity index (χ0n) is 106. The first-order valence-corrected chi connectivity index (χ1v) is 29.7. The van der Waals surface area contributed by atoms with E-state index < -0.39 is 450 Å². The summed E-state index contributed by atoms with van der Waals surface area (Å²) in [6.07, 6.45) is 0. The van der Waals surface area contributed by atoms with E-state index in [4.69, 9.17) is 43.9 Å². The van der Waals surface area contributed by atoms with E-state index in [1.165, 1.54) is 0 Å². The van der Waals surface area contributed by atoms with Gasteiger partial charge in [-0.2, -0.15) is 0 Å². The molecule has 0 amide bonds. The SMILES string of the molecule is [2H]c1c([2H])c([2H])c(-c2c([2H])c([2H])c(N(c3c([2H])c([2H])c([2H])c(-c4ccc5c(c4)c4ccccc4n5-c4ccccc4)c3[2H])c3c([2H])c([2H])c([2H])c(-c4c([2H])c([2H])c([2H])c([2H])c4[2H])c3[2H])c([2H])c2[2H])c([2H])c1[2H].[2H]c1cc(-n2c3c([2H])c([2H])c([2H])c([2H])c3c3c([2H])c(-c4c([2H])c([2H])c([2H])c(N(c5c([2H])c([2H])c(-c6c([2H])c([2H])c([2H])c([2H])c6[2H])c([2H])c5[2H])c5c([2H])c([2H])c([2H])c(-c6c([2H])c([2H])c([2H])c([2H])c6[2H])c5[2H])c4[2H])c([2H])c([2H])c32)c([2H])c([2H])c1[2H]. The maximum atomic E-state index is 9.99. The van der Waals surface area contributed by atoms with Crippen LogP contribution >= 0.6 is 0 Å². The Morgan fingerprint density at radius 2 is 0.570 bits per heavy atom. The van der Waals surface area contributed by atoms with Crippen LogP contribution < -0.4 is 9.80 Å². The minimum atomic E-state index is -1.35. The van der Waals surface area contributed by atoms with E-state index >= 15 is 0 Å². The van der Waals surface area contributed by atoms with Gasteiger partial charge in [-0.25, -0.2) is 0 Å². The third-order valence-corrected chi connectivity index (χ3v) is 15.2. The third-order valence-electron chi connectivity index (χ3n) is 15.2. The fourth-order valence-electron chi connectivity index (χ4n) is 10.8. The first-order valence-electron chi connectivity index (χ1n) is 57.2. The number of para-hydroxylation sites is 4. The van der Waals surface area contributed by atoms with Crippen molar-refractivity contribution in [3.05, 3.63) is 411 Å². The van der Waals surface area contributed by atoms with Gasteiger partial charge in [0.25, 0.3) is 0 Å². The van der Waals surface area contributed by atoms with Crippen LogP contribution in [0.25, 0.3) is 122 Å². The lowest BCUT2D eigenvalue weighted by Gasteiger charge is -2.27. The number of rotatable bonds is 14. The summed E-state index contributed by atoms with van der Waals surface area (Å²) in [4.78, 5) is 0.788. The molecular formula is C96H68N4. The monoisotopic (exact) mass is 1330 g/mol. The fraction of sp³-hybridized carbons (Fsp3) is 0. The van der Waals surface area contributed by atoms with Gasteiger partial charge in [0, 0.05) is 67.0 Å². The summed E-state index contributed by atoms with van der Waals surface area (Å²) in [5.41, 5.74) is -15.1. The average Bonchev–Trinajstić information content (AvgIpc) is 1.57. The molecular weight excluding hydrogens is 1210 g/mol. The van der Waals surface area contributed by atoms with E-state index in [-0.39, 0.29) is 16.0 Å². The number of hydrogen-bond donors (Lipinski definition) is 0. The molecule has 0 spiro atoms. The van der Waals surface area contributed by atoms with E-state index in [2.05, 4.69) is 0 Å². The number of benzene rings is 16. The van der Waals surface area contributed by atoms with Crippen LogP contribution in [0.15, 0.2) is 411 Å². The second-order valence-corrected chi connectivity index (χ2v) is 21.0. The molecule has 100 heavy (non-hydrogen) atoms. The quantitative estimate of drug-likeness (QED) is 0.108. The van der Waals surface area contributed by atoms with Gasteiger partial charge in [-0.15, -0.1) is 0 Å². The van der Waals surface area contributed by atoms with Gasteiger partial charge in [0.2, 0.25) is 0 Å². The van der Waals surface area contributed by atoms with Crippen molar-refractivity contribution in [2.75, 3.05) is 9.80 Å². The molecule has 0 bridgehead atoms. The summed E-state index contributed by atoms with van der Waals surface area (Å²) in [6, 6.07) is -33.2. The molecule has 472 valence electrons. The maximum absolute atomic E-state index is 9.99. The molecule has 2 aromatic heterocycles. The van der Waals surface area contributed by atoms with Crippen LogP contribution in [0.4, 0.5) is 34.1 Å². The van der Waals surface area contributed by atoms with Crippen molar-refractivity contribution >= 4 is 77.7 Å². The van der Waals surface area contributed by atoms with Gasteiger partial charge in [-0.3, -0.25) is 0 Å². The van der Waals surface area contributed by atoms with Gasteiger partial charge in [0.1, 0.15) is 0 Å². The van der Waals surface area contributed by atoms with E-state index in [1.54, 1.807) is 18.2 Å². The summed E-state index contributed by atoms with van der Waals surface area (Å²) < 4.78 is 495. The summed E-state index contributed by atoms with van der Waals surface area (Å²) in [5.74, 6) is 0. The fourth-order valence-corrected chi connectivity index (χ4v) is 10.8. The van der Waals surface area contributed by atoms with Crippen LogP contribution in [0.5, 0.6) is 0 Å². The Hall–Kier alpha value is -13.3. The number of aromatic nitrogens is 2. The molecule has 0 aliphatic rings. The lowest BCUT2D eigenvalue weighted by molar-refractivity contribution is 1.18. The highest BCUT2D eigenvalue weighted by molar-refractivity contribution is 6.12. The van der Waals surface area contributed by atoms with Crippen LogP contribution in [0, 0.1) is 0 Å². The molecule has 0 saturated carbocycles. The minimum Gasteiger partial charge on any atom is -0.310 e. The second kappa shape index (κ2) is 27.1. The second-order valence-electron chi connectivity index (χ2n) is 21.0. The predicted molar refractivity (Wildman–Crippen MR) is 424 cm³/mol. The molecule has 0 N–H and O–H groups in total. The van der Waals surface area contributed by atoms with Crippen LogP contribution in [0.1, 0.15) is 75.4 Å². The molecule has 16 aromatic carbocycles. The first kappa shape index (κ1) is 25.6. The summed E-state index contributed by atoms with van der Waals surface area (Å²) in [7, 11) is 0. The van der Waals surface area contributed by atoms with Crippen molar-refractivity contribution in [2.45, 2.75) is 0 Å². The lowest BCUT2D eigenvalue weighted by atomic mass is 10.0. The zero-order chi connectivity index (χ0) is 114. The standard InChI is InChI=1S/2C48H34N2/c2*1-4-14-35(15-5-1)37-26-29-42(30-27-37)49(43-22-12-18-38(32-43)36-16-6-2-7-17-36)44-23-13-19-39(33-44)40-28-31-48-46(34-40)45-24-10-11-25-47(45)50(48)41-20-8-3-9-21-41/h2*1-34H/i1D,2D,3D,4D,5D,6D,7D,8D,9D,10D,11D,12D,13D,14D,15D,16D,17D,18D,19D,20D,22D,23D,24D,25D,26D,27D,28D,29D,30D,31D,32D,33D,34D;1D,2D,4D,5D,6D,7D,12D,13D,14D,15D,16D,17D,18D,19D,22D,23D,26D,27D,29D,30D,32D,33D. The molecule has 0 aliphatic carbocycles. The van der Waals surface area contributed by atoms with Crippen molar-refractivity contribution in [2.24, 2.45) is 0 Å². The molecule has 0 unspecified atom stereocenters. The van der Waals surface area contributed by atoms with E-state index in [1.807, 2.05) is 59.2 Å². The molecule has 2 heterocycles. The molecule has 4 heteroatoms. The molecule has 0 aliphatic heterocycles. The topological polar surface area (TPSA) is 16.3 Å². The summed E-state index contributed by atoms with van der Waals surface area (Å²) >= 11 is 0. The highest BCUT2D eigenvalue weighted by Gasteiger charge is 2.20.